The fourth-order valence-electron chi connectivity index (χ4n) is 10.0. The Balaban J connectivity index is 4.05. The summed E-state index contributed by atoms with van der Waals surface area (Å²) in [5, 5.41) is 0. The van der Waals surface area contributed by atoms with Gasteiger partial charge in [-0.2, -0.15) is 0 Å². The Hall–Kier alpha value is -4.63. The molecule has 0 fully saturated rings. The summed E-state index contributed by atoms with van der Waals surface area (Å²) in [5.74, 6) is -0.842. The van der Waals surface area contributed by atoms with Gasteiger partial charge in [-0.3, -0.25) is 14.2 Å². The van der Waals surface area contributed by atoms with E-state index in [2.05, 4.69) is 184 Å². The minimum atomic E-state index is -4.66. The number of esters is 2. The molecule has 0 saturated heterocycles. The molecule has 0 heterocycles. The van der Waals surface area contributed by atoms with Crippen molar-refractivity contribution < 1.29 is 42.1 Å². The van der Waals surface area contributed by atoms with Gasteiger partial charge in [0.25, 0.3) is 7.82 Å². The fourth-order valence-corrected chi connectivity index (χ4v) is 10.8. The van der Waals surface area contributed by atoms with Gasteiger partial charge in [-0.05, 0) is 128 Å². The molecule has 0 amide bonds. The number of allylic oxidation sites excluding steroid dienone is 28. The standard InChI is InChI=1S/C84H140NO8P/c1-6-8-10-12-14-16-18-20-22-24-26-28-30-32-34-36-38-39-40-41-42-43-44-45-47-49-51-53-55-57-59-61-63-65-67-69-71-73-75-77-84(87)93-82(81-92-94(88,89)91-79-78-85(3,4)5)80-90-83(86)76-74-72-70-68-66-64-62-60-58-56-54-52-50-48-46-37-35-33-31-29-27-25-23-21-19-17-15-13-11-9-7-2/h8-11,14-17,20-23,26-29,32-35,38-39,41-42,46,48,52,54,82H,6-7,12-13,18-19,24-25,30-31,36-37,40,43-45,47,49-51,53,55-81H2,1-5H3/b10-8-,11-9-,16-14-,17-15-,22-20-,23-21-,28-26-,29-27-,34-32-,35-33-,39-38-,42-41-,48-46-,54-52-. The van der Waals surface area contributed by atoms with Crippen molar-refractivity contribution in [3.8, 4) is 0 Å². The second kappa shape index (κ2) is 72.6. The molecular formula is C84H140NO8P. The van der Waals surface area contributed by atoms with E-state index < -0.39 is 32.5 Å². The van der Waals surface area contributed by atoms with E-state index in [0.717, 1.165) is 141 Å². The SMILES string of the molecule is CC/C=C\C/C=C\C/C=C\C/C=C\C/C=C\C/C=C\C/C=C\CCCCCCCCCCCCCCCCCCCC(=O)OC(COC(=O)CCCCCCCCCCC/C=C\C/C=C\C/C=C\C/C=C\C/C=C\C/C=C\C/C=C\CC)COP(=O)([O-])OCC[N+](C)(C)C. The third kappa shape index (κ3) is 76.4. The van der Waals surface area contributed by atoms with Gasteiger partial charge in [-0.1, -0.05) is 325 Å². The number of likely N-dealkylation sites (N-methyl/N-ethyl adjacent to an activating group) is 1. The zero-order valence-corrected chi connectivity index (χ0v) is 61.7. The van der Waals surface area contributed by atoms with Gasteiger partial charge in [0, 0.05) is 12.8 Å². The first-order valence-electron chi connectivity index (χ1n) is 37.8. The number of carbonyl (C=O) groups excluding carboxylic acids is 2. The summed E-state index contributed by atoms with van der Waals surface area (Å²) in [7, 11) is 1.15. The van der Waals surface area contributed by atoms with E-state index in [1.54, 1.807) is 0 Å². The van der Waals surface area contributed by atoms with E-state index in [1.165, 1.54) is 122 Å². The molecule has 0 aromatic heterocycles. The van der Waals surface area contributed by atoms with E-state index in [-0.39, 0.29) is 26.1 Å². The molecule has 0 saturated carbocycles. The van der Waals surface area contributed by atoms with Crippen molar-refractivity contribution in [1.82, 2.24) is 0 Å². The minimum absolute atomic E-state index is 0.0385. The Morgan fingerprint density at radius 3 is 0.851 bits per heavy atom. The third-order valence-corrected chi connectivity index (χ3v) is 16.7. The highest BCUT2D eigenvalue weighted by molar-refractivity contribution is 7.45. The Labute approximate surface area is 578 Å². The number of unbranched alkanes of at least 4 members (excludes halogenated alkanes) is 26. The Morgan fingerprint density at radius 2 is 0.574 bits per heavy atom. The molecule has 9 nitrogen and oxygen atoms in total. The zero-order valence-electron chi connectivity index (χ0n) is 60.8. The van der Waals surface area contributed by atoms with Crippen molar-refractivity contribution in [2.45, 2.75) is 302 Å². The van der Waals surface area contributed by atoms with E-state index in [0.29, 0.717) is 17.4 Å². The van der Waals surface area contributed by atoms with Gasteiger partial charge in [0.05, 0.1) is 27.7 Å². The Morgan fingerprint density at radius 1 is 0.330 bits per heavy atom. The maximum absolute atomic E-state index is 12.9. The maximum Gasteiger partial charge on any atom is 0.306 e. The highest BCUT2D eigenvalue weighted by atomic mass is 31.2. The maximum atomic E-state index is 12.9. The minimum Gasteiger partial charge on any atom is -0.756 e. The first-order chi connectivity index (χ1) is 46.0. The van der Waals surface area contributed by atoms with Crippen molar-refractivity contribution in [3.05, 3.63) is 170 Å². The number of ether oxygens (including phenoxy) is 2. The smallest absolute Gasteiger partial charge is 0.306 e. The van der Waals surface area contributed by atoms with Crippen LogP contribution >= 0.6 is 7.82 Å². The predicted molar refractivity (Wildman–Crippen MR) is 406 cm³/mol. The second-order valence-corrected chi connectivity index (χ2v) is 27.3. The van der Waals surface area contributed by atoms with Crippen molar-refractivity contribution in [2.75, 3.05) is 47.5 Å². The van der Waals surface area contributed by atoms with Crippen LogP contribution in [0.2, 0.25) is 0 Å². The molecule has 0 N–H and O–H groups in total. The number of quaternary nitrogens is 1. The summed E-state index contributed by atoms with van der Waals surface area (Å²) in [6, 6.07) is 0. The van der Waals surface area contributed by atoms with Crippen molar-refractivity contribution >= 4 is 19.8 Å². The lowest BCUT2D eigenvalue weighted by atomic mass is 10.0. The molecule has 0 aliphatic rings. The quantitative estimate of drug-likeness (QED) is 0.0195. The average molecular weight is 1320 g/mol. The van der Waals surface area contributed by atoms with Crippen LogP contribution in [0.5, 0.6) is 0 Å². The summed E-state index contributed by atoms with van der Waals surface area (Å²) in [5.41, 5.74) is 0. The second-order valence-electron chi connectivity index (χ2n) is 25.9. The summed E-state index contributed by atoms with van der Waals surface area (Å²) in [6.07, 6.45) is 110. The molecule has 2 unspecified atom stereocenters. The average Bonchev–Trinajstić information content (AvgIpc) is 1.56. The van der Waals surface area contributed by atoms with E-state index in [1.807, 2.05) is 21.1 Å². The number of hydrogen-bond acceptors (Lipinski definition) is 8. The molecular weight excluding hydrogens is 1180 g/mol. The van der Waals surface area contributed by atoms with Crippen LogP contribution in [-0.4, -0.2) is 70.0 Å². The molecule has 2 atom stereocenters. The number of nitrogens with zero attached hydrogens (tertiary/aromatic N) is 1. The topological polar surface area (TPSA) is 111 Å². The molecule has 534 valence electrons. The fraction of sp³-hybridized carbons (Fsp3) is 0.643. The molecule has 0 aromatic rings. The largest absolute Gasteiger partial charge is 0.756 e. The van der Waals surface area contributed by atoms with Crippen LogP contribution in [0.1, 0.15) is 296 Å². The highest BCUT2D eigenvalue weighted by Crippen LogP contribution is 2.38. The van der Waals surface area contributed by atoms with Crippen LogP contribution in [-0.2, 0) is 32.7 Å². The molecule has 94 heavy (non-hydrogen) atoms. The van der Waals surface area contributed by atoms with Crippen LogP contribution < -0.4 is 4.89 Å². The van der Waals surface area contributed by atoms with Crippen LogP contribution in [0.4, 0.5) is 0 Å². The van der Waals surface area contributed by atoms with Gasteiger partial charge < -0.3 is 27.9 Å². The van der Waals surface area contributed by atoms with Crippen molar-refractivity contribution in [3.63, 3.8) is 0 Å². The number of rotatable bonds is 68. The summed E-state index contributed by atoms with van der Waals surface area (Å²) >= 11 is 0. The van der Waals surface area contributed by atoms with Gasteiger partial charge in [0.15, 0.2) is 6.10 Å². The first kappa shape index (κ1) is 89.4. The lowest BCUT2D eigenvalue weighted by molar-refractivity contribution is -0.870. The summed E-state index contributed by atoms with van der Waals surface area (Å²) in [6.45, 7) is 4.01. The molecule has 0 rings (SSSR count). The predicted octanol–water partition coefficient (Wildman–Crippen LogP) is 24.6. The number of phosphoric ester groups is 1. The van der Waals surface area contributed by atoms with Crippen LogP contribution in [0.3, 0.4) is 0 Å². The highest BCUT2D eigenvalue weighted by Gasteiger charge is 2.22. The number of hydrogen-bond donors (Lipinski definition) is 0. The normalized spacial score (nSPS) is 14.1. The Kier molecular flexibility index (Phi) is 69.1. The molecule has 0 radical (unpaired) electrons. The van der Waals surface area contributed by atoms with E-state index >= 15 is 0 Å². The lowest BCUT2D eigenvalue weighted by Gasteiger charge is -2.28. The van der Waals surface area contributed by atoms with Crippen molar-refractivity contribution in [1.29, 1.82) is 0 Å². The Bertz CT molecular complexity index is 2200. The molecule has 0 bridgehead atoms. The van der Waals surface area contributed by atoms with Crippen LogP contribution in [0.15, 0.2) is 170 Å². The van der Waals surface area contributed by atoms with E-state index in [4.69, 9.17) is 18.5 Å². The van der Waals surface area contributed by atoms with Crippen LogP contribution in [0, 0.1) is 0 Å². The molecule has 0 spiro atoms. The monoisotopic (exact) mass is 1320 g/mol. The van der Waals surface area contributed by atoms with Gasteiger partial charge in [0.2, 0.25) is 0 Å². The van der Waals surface area contributed by atoms with Crippen LogP contribution in [0.25, 0.3) is 0 Å². The summed E-state index contributed by atoms with van der Waals surface area (Å²) in [4.78, 5) is 38.2. The molecule has 10 heteroatoms. The van der Waals surface area contributed by atoms with Gasteiger partial charge in [0.1, 0.15) is 19.8 Å². The number of phosphoric acid groups is 1. The molecule has 0 aliphatic heterocycles. The summed E-state index contributed by atoms with van der Waals surface area (Å²) < 4.78 is 34.4. The first-order valence-corrected chi connectivity index (χ1v) is 39.3. The molecule has 0 aromatic carbocycles. The third-order valence-electron chi connectivity index (χ3n) is 15.7. The lowest BCUT2D eigenvalue weighted by Crippen LogP contribution is -2.37. The van der Waals surface area contributed by atoms with Gasteiger partial charge in [-0.25, -0.2) is 0 Å². The number of carbonyl (C=O) groups is 2. The molecule has 0 aliphatic carbocycles. The van der Waals surface area contributed by atoms with Gasteiger partial charge in [-0.15, -0.1) is 0 Å². The zero-order chi connectivity index (χ0) is 68.3. The van der Waals surface area contributed by atoms with Gasteiger partial charge >= 0.3 is 11.9 Å². The van der Waals surface area contributed by atoms with E-state index in [9.17, 15) is 19.0 Å². The van der Waals surface area contributed by atoms with Crippen molar-refractivity contribution in [2.24, 2.45) is 0 Å².